The lowest BCUT2D eigenvalue weighted by molar-refractivity contribution is -0.134. The topological polar surface area (TPSA) is 75.7 Å². The fourth-order valence-corrected chi connectivity index (χ4v) is 5.35. The number of piperidine rings is 1. The van der Waals surface area contributed by atoms with Crippen molar-refractivity contribution in [2.24, 2.45) is 0 Å². The van der Waals surface area contributed by atoms with E-state index in [2.05, 4.69) is 4.72 Å². The lowest BCUT2D eigenvalue weighted by Gasteiger charge is -2.32. The molecule has 2 aromatic rings. The van der Waals surface area contributed by atoms with Gasteiger partial charge in [-0.15, -0.1) is 0 Å². The second-order valence-corrected chi connectivity index (χ2v) is 9.79. The molecule has 30 heavy (non-hydrogen) atoms. The van der Waals surface area contributed by atoms with Gasteiger partial charge in [0.1, 0.15) is 5.75 Å². The van der Waals surface area contributed by atoms with Gasteiger partial charge in [-0.1, -0.05) is 29.8 Å². The van der Waals surface area contributed by atoms with Crippen LogP contribution in [-0.4, -0.2) is 45.0 Å². The normalized spacial score (nSPS) is 15.3. The first-order valence-electron chi connectivity index (χ1n) is 10.2. The third kappa shape index (κ3) is 5.40. The molecule has 0 bridgehead atoms. The number of rotatable bonds is 6. The zero-order valence-corrected chi connectivity index (χ0v) is 18.9. The van der Waals surface area contributed by atoms with Gasteiger partial charge < -0.3 is 9.64 Å². The van der Waals surface area contributed by atoms with Crippen LogP contribution in [0.5, 0.6) is 5.75 Å². The Morgan fingerprint density at radius 1 is 1.00 bits per heavy atom. The van der Waals surface area contributed by atoms with Crippen molar-refractivity contribution in [3.8, 4) is 5.75 Å². The highest BCUT2D eigenvalue weighted by molar-refractivity contribution is 7.89. The van der Waals surface area contributed by atoms with Gasteiger partial charge in [-0.3, -0.25) is 4.79 Å². The lowest BCUT2D eigenvalue weighted by Crippen LogP contribution is -2.47. The Hall–Kier alpha value is -2.38. The number of aryl methyl sites for hydroxylation is 4. The Morgan fingerprint density at radius 3 is 2.30 bits per heavy atom. The zero-order chi connectivity index (χ0) is 21.9. The lowest BCUT2D eigenvalue weighted by atomic mass is 10.1. The van der Waals surface area contributed by atoms with Gasteiger partial charge >= 0.3 is 0 Å². The maximum Gasteiger partial charge on any atom is 0.260 e. The largest absolute Gasteiger partial charge is 0.484 e. The van der Waals surface area contributed by atoms with Crippen LogP contribution in [0.4, 0.5) is 0 Å². The number of nitrogens with one attached hydrogen (secondary N) is 1. The van der Waals surface area contributed by atoms with Crippen molar-refractivity contribution in [1.82, 2.24) is 9.62 Å². The Balaban J connectivity index is 1.53. The molecule has 1 fully saturated rings. The van der Waals surface area contributed by atoms with Crippen LogP contribution >= 0.6 is 0 Å². The van der Waals surface area contributed by atoms with Crippen LogP contribution in [0.15, 0.2) is 41.3 Å². The summed E-state index contributed by atoms with van der Waals surface area (Å²) in [5, 5.41) is 0. The summed E-state index contributed by atoms with van der Waals surface area (Å²) in [6, 6.07) is 11.1. The van der Waals surface area contributed by atoms with Crippen molar-refractivity contribution in [3.05, 3.63) is 58.7 Å². The van der Waals surface area contributed by atoms with Gasteiger partial charge in [0.05, 0.1) is 4.90 Å². The van der Waals surface area contributed by atoms with E-state index in [4.69, 9.17) is 4.74 Å². The summed E-state index contributed by atoms with van der Waals surface area (Å²) in [6.07, 6.45) is 1.17. The van der Waals surface area contributed by atoms with E-state index in [1.807, 2.05) is 51.1 Å². The second kappa shape index (κ2) is 9.18. The molecule has 0 aromatic heterocycles. The first-order valence-corrected chi connectivity index (χ1v) is 11.7. The number of sulfonamides is 1. The van der Waals surface area contributed by atoms with Gasteiger partial charge in [-0.2, -0.15) is 0 Å². The summed E-state index contributed by atoms with van der Waals surface area (Å²) in [6.45, 7) is 8.65. The van der Waals surface area contributed by atoms with Crippen molar-refractivity contribution in [1.29, 1.82) is 0 Å². The number of hydrogen-bond acceptors (Lipinski definition) is 4. The summed E-state index contributed by atoms with van der Waals surface area (Å²) in [5.74, 6) is 0.635. The quantitative estimate of drug-likeness (QED) is 0.763. The number of benzene rings is 2. The molecule has 2 aromatic carbocycles. The molecule has 1 aliphatic rings. The van der Waals surface area contributed by atoms with E-state index in [-0.39, 0.29) is 18.6 Å². The van der Waals surface area contributed by atoms with E-state index >= 15 is 0 Å². The molecule has 0 saturated carbocycles. The van der Waals surface area contributed by atoms with Crippen LogP contribution in [0.3, 0.4) is 0 Å². The Kier molecular flexibility index (Phi) is 6.83. The Bertz CT molecular complexity index is 1030. The third-order valence-corrected chi connectivity index (χ3v) is 7.15. The average Bonchev–Trinajstić information content (AvgIpc) is 2.69. The minimum Gasteiger partial charge on any atom is -0.484 e. The second-order valence-electron chi connectivity index (χ2n) is 8.10. The molecule has 1 amide bonds. The van der Waals surface area contributed by atoms with E-state index < -0.39 is 10.0 Å². The molecule has 6 nitrogen and oxygen atoms in total. The van der Waals surface area contributed by atoms with Crippen LogP contribution in [0, 0.1) is 27.7 Å². The SMILES string of the molecule is Cc1ccc(OCC(=O)N2CCC(NS(=O)(=O)c3cc(C)ccc3C)CC2)c(C)c1. The predicted octanol–water partition coefficient (Wildman–Crippen LogP) is 3.27. The van der Waals surface area contributed by atoms with Gasteiger partial charge in [0.25, 0.3) is 5.91 Å². The molecule has 0 spiro atoms. The van der Waals surface area contributed by atoms with E-state index in [9.17, 15) is 13.2 Å². The zero-order valence-electron chi connectivity index (χ0n) is 18.1. The monoisotopic (exact) mass is 430 g/mol. The van der Waals surface area contributed by atoms with Crippen molar-refractivity contribution < 1.29 is 17.9 Å². The summed E-state index contributed by atoms with van der Waals surface area (Å²) in [5.41, 5.74) is 3.79. The molecule has 1 heterocycles. The number of hydrogen-bond donors (Lipinski definition) is 1. The minimum absolute atomic E-state index is 0.0111. The predicted molar refractivity (Wildman–Crippen MR) is 117 cm³/mol. The number of nitrogens with zero attached hydrogens (tertiary/aromatic N) is 1. The highest BCUT2D eigenvalue weighted by atomic mass is 32.2. The van der Waals surface area contributed by atoms with E-state index in [0.29, 0.717) is 36.6 Å². The minimum atomic E-state index is -3.58. The van der Waals surface area contributed by atoms with Crippen LogP contribution < -0.4 is 9.46 Å². The molecule has 0 atom stereocenters. The van der Waals surface area contributed by atoms with Gasteiger partial charge in [0, 0.05) is 19.1 Å². The van der Waals surface area contributed by atoms with Crippen molar-refractivity contribution in [3.63, 3.8) is 0 Å². The average molecular weight is 431 g/mol. The number of likely N-dealkylation sites (tertiary alicyclic amines) is 1. The summed E-state index contributed by atoms with van der Waals surface area (Å²) in [4.78, 5) is 14.6. The van der Waals surface area contributed by atoms with Crippen molar-refractivity contribution in [2.75, 3.05) is 19.7 Å². The summed E-state index contributed by atoms with van der Waals surface area (Å²) >= 11 is 0. The molecule has 1 saturated heterocycles. The number of ether oxygens (including phenoxy) is 1. The first kappa shape index (κ1) is 22.3. The van der Waals surface area contributed by atoms with Crippen LogP contribution in [0.25, 0.3) is 0 Å². The van der Waals surface area contributed by atoms with Gasteiger partial charge in [0.2, 0.25) is 10.0 Å². The van der Waals surface area contributed by atoms with Crippen LogP contribution in [-0.2, 0) is 14.8 Å². The molecule has 0 unspecified atom stereocenters. The van der Waals surface area contributed by atoms with Crippen LogP contribution in [0.2, 0.25) is 0 Å². The molecule has 7 heteroatoms. The molecular formula is C23H30N2O4S. The molecular weight excluding hydrogens is 400 g/mol. The maximum atomic E-state index is 12.8. The summed E-state index contributed by atoms with van der Waals surface area (Å²) in [7, 11) is -3.58. The van der Waals surface area contributed by atoms with Crippen LogP contribution in [0.1, 0.15) is 35.1 Å². The molecule has 3 rings (SSSR count). The number of amides is 1. The number of carbonyl (C=O) groups excluding carboxylic acids is 1. The first-order chi connectivity index (χ1) is 14.2. The highest BCUT2D eigenvalue weighted by Crippen LogP contribution is 2.21. The van der Waals surface area contributed by atoms with Gasteiger partial charge in [-0.25, -0.2) is 13.1 Å². The Morgan fingerprint density at radius 2 is 1.63 bits per heavy atom. The molecule has 162 valence electrons. The van der Waals surface area contributed by atoms with Gasteiger partial charge in [0.15, 0.2) is 6.61 Å². The van der Waals surface area contributed by atoms with Crippen molar-refractivity contribution in [2.45, 2.75) is 51.5 Å². The van der Waals surface area contributed by atoms with E-state index in [0.717, 1.165) is 22.3 Å². The van der Waals surface area contributed by atoms with E-state index in [1.165, 1.54) is 0 Å². The van der Waals surface area contributed by atoms with Crippen molar-refractivity contribution >= 4 is 15.9 Å². The third-order valence-electron chi connectivity index (χ3n) is 5.48. The van der Waals surface area contributed by atoms with E-state index in [1.54, 1.807) is 17.9 Å². The molecule has 1 aliphatic heterocycles. The number of carbonyl (C=O) groups is 1. The summed E-state index contributed by atoms with van der Waals surface area (Å²) < 4.78 is 34.1. The smallest absolute Gasteiger partial charge is 0.260 e. The molecule has 0 aliphatic carbocycles. The fraction of sp³-hybridized carbons (Fsp3) is 0.435. The Labute approximate surface area is 179 Å². The standard InChI is InChI=1S/C23H30N2O4S/c1-16-6-8-21(19(4)13-16)29-15-23(26)25-11-9-20(10-12-25)24-30(27,28)22-14-17(2)5-7-18(22)3/h5-8,13-14,20,24H,9-12,15H2,1-4H3. The maximum absolute atomic E-state index is 12.8. The highest BCUT2D eigenvalue weighted by Gasteiger charge is 2.27. The van der Waals surface area contributed by atoms with Gasteiger partial charge in [-0.05, 0) is 69.4 Å². The molecule has 1 N–H and O–H groups in total. The molecule has 0 radical (unpaired) electrons. The fourth-order valence-electron chi connectivity index (χ4n) is 3.72.